The molecular formula is C23H23N3O2S2. The van der Waals surface area contributed by atoms with E-state index in [2.05, 4.69) is 17.1 Å². The molecule has 0 bridgehead atoms. The van der Waals surface area contributed by atoms with Gasteiger partial charge in [0.1, 0.15) is 21.7 Å². The Bertz CT molecular complexity index is 1140. The molecule has 0 amide bonds. The molecule has 2 aromatic carbocycles. The van der Waals surface area contributed by atoms with Crippen LogP contribution in [0.2, 0.25) is 0 Å². The monoisotopic (exact) mass is 437 g/mol. The molecule has 30 heavy (non-hydrogen) atoms. The first-order chi connectivity index (χ1) is 14.6. The second-order valence-corrected chi connectivity index (χ2v) is 9.24. The van der Waals surface area contributed by atoms with Crippen molar-refractivity contribution in [3.63, 3.8) is 0 Å². The molecule has 0 aliphatic carbocycles. The number of Topliss-reactive ketones (excluding diaryl/α,β-unsaturated/α-hetero) is 1. The first-order valence-electron chi connectivity index (χ1n) is 10.1. The van der Waals surface area contributed by atoms with E-state index in [1.807, 2.05) is 49.4 Å². The van der Waals surface area contributed by atoms with Gasteiger partial charge < -0.3 is 4.74 Å². The lowest BCUT2D eigenvalue weighted by atomic mass is 10.0. The summed E-state index contributed by atoms with van der Waals surface area (Å²) >= 11 is 2.64. The van der Waals surface area contributed by atoms with Gasteiger partial charge in [-0.3, -0.25) is 10.2 Å². The fraction of sp³-hybridized carbons (Fsp3) is 0.304. The van der Waals surface area contributed by atoms with E-state index in [-0.39, 0.29) is 5.78 Å². The van der Waals surface area contributed by atoms with Crippen LogP contribution in [0.25, 0.3) is 16.8 Å². The number of rotatable bonds is 7. The fourth-order valence-corrected chi connectivity index (χ4v) is 5.30. The predicted molar refractivity (Wildman–Crippen MR) is 125 cm³/mol. The molecule has 1 atom stereocenters. The zero-order valence-electron chi connectivity index (χ0n) is 17.0. The molecule has 0 saturated carbocycles. The van der Waals surface area contributed by atoms with Gasteiger partial charge in [0.2, 0.25) is 0 Å². The van der Waals surface area contributed by atoms with Crippen molar-refractivity contribution in [1.29, 1.82) is 5.41 Å². The number of aryl methyl sites for hydroxylation is 1. The van der Waals surface area contributed by atoms with Crippen molar-refractivity contribution in [2.75, 3.05) is 6.61 Å². The Kier molecular flexibility index (Phi) is 6.29. The summed E-state index contributed by atoms with van der Waals surface area (Å²) in [6.07, 6.45) is 4.77. The highest BCUT2D eigenvalue weighted by Crippen LogP contribution is 2.42. The maximum absolute atomic E-state index is 13.1. The fourth-order valence-electron chi connectivity index (χ4n) is 3.35. The third kappa shape index (κ3) is 4.04. The number of carbonyl (C=O) groups is 1. The Hall–Kier alpha value is -2.51. The topological polar surface area (TPSA) is 75.9 Å². The SMILES string of the molecule is CCCCOc1ccc(/C=C2\SC(=N)[C@H](c3nnc(CC)s3)C2=O)c2ccccc12. The number of ketones is 1. The number of aromatic nitrogens is 2. The number of benzene rings is 2. The quantitative estimate of drug-likeness (QED) is 0.371. The molecule has 0 radical (unpaired) electrons. The Balaban J connectivity index is 1.67. The highest BCUT2D eigenvalue weighted by Gasteiger charge is 2.39. The standard InChI is InChI=1S/C23H23N3O2S2/c1-3-5-12-28-17-11-10-14(15-8-6-7-9-16(15)17)13-18-21(27)20(22(24)29-18)23-26-25-19(4-2)30-23/h6-11,13,20,24H,3-5,12H2,1-2H3/b18-13-,24-22?/t20-/m1/s1. The Morgan fingerprint density at radius 2 is 1.93 bits per heavy atom. The van der Waals surface area contributed by atoms with Crippen molar-refractivity contribution in [2.45, 2.75) is 39.0 Å². The van der Waals surface area contributed by atoms with E-state index in [1.54, 1.807) is 0 Å². The van der Waals surface area contributed by atoms with E-state index in [4.69, 9.17) is 10.1 Å². The van der Waals surface area contributed by atoms with Gasteiger partial charge in [-0.15, -0.1) is 21.5 Å². The number of nitrogens with one attached hydrogen (secondary N) is 1. The average Bonchev–Trinajstić information content (AvgIpc) is 3.33. The molecule has 1 aromatic heterocycles. The van der Waals surface area contributed by atoms with Gasteiger partial charge in [0.05, 0.1) is 16.6 Å². The molecule has 4 rings (SSSR count). The summed E-state index contributed by atoms with van der Waals surface area (Å²) in [7, 11) is 0. The van der Waals surface area contributed by atoms with E-state index >= 15 is 0 Å². The summed E-state index contributed by atoms with van der Waals surface area (Å²) in [4.78, 5) is 13.7. The maximum Gasteiger partial charge on any atom is 0.186 e. The van der Waals surface area contributed by atoms with Crippen LogP contribution in [0.15, 0.2) is 41.3 Å². The molecule has 2 heterocycles. The van der Waals surface area contributed by atoms with Crippen LogP contribution >= 0.6 is 23.1 Å². The number of nitrogens with zero attached hydrogens (tertiary/aromatic N) is 2. The van der Waals surface area contributed by atoms with Gasteiger partial charge in [0, 0.05) is 5.39 Å². The molecule has 7 heteroatoms. The van der Waals surface area contributed by atoms with E-state index in [1.165, 1.54) is 23.1 Å². The van der Waals surface area contributed by atoms with Gasteiger partial charge in [-0.05, 0) is 35.9 Å². The highest BCUT2D eigenvalue weighted by molar-refractivity contribution is 8.19. The first-order valence-corrected chi connectivity index (χ1v) is 11.7. The summed E-state index contributed by atoms with van der Waals surface area (Å²) in [6.45, 7) is 4.84. The number of thioether (sulfide) groups is 1. The number of fused-ring (bicyclic) bond motifs is 1. The Morgan fingerprint density at radius 1 is 1.13 bits per heavy atom. The second kappa shape index (κ2) is 9.10. The summed E-state index contributed by atoms with van der Waals surface area (Å²) in [5.41, 5.74) is 0.948. The summed E-state index contributed by atoms with van der Waals surface area (Å²) < 4.78 is 5.97. The average molecular weight is 438 g/mol. The molecule has 1 N–H and O–H groups in total. The molecular weight excluding hydrogens is 414 g/mol. The van der Waals surface area contributed by atoms with Gasteiger partial charge in [-0.1, -0.05) is 62.4 Å². The largest absolute Gasteiger partial charge is 0.493 e. The number of hydrogen-bond donors (Lipinski definition) is 1. The predicted octanol–water partition coefficient (Wildman–Crippen LogP) is 5.85. The Morgan fingerprint density at radius 3 is 2.67 bits per heavy atom. The molecule has 1 aliphatic heterocycles. The lowest BCUT2D eigenvalue weighted by Crippen LogP contribution is -2.11. The van der Waals surface area contributed by atoms with Crippen molar-refractivity contribution < 1.29 is 9.53 Å². The van der Waals surface area contributed by atoms with Gasteiger partial charge in [-0.25, -0.2) is 0 Å². The van der Waals surface area contributed by atoms with Crippen molar-refractivity contribution in [1.82, 2.24) is 10.2 Å². The van der Waals surface area contributed by atoms with Crippen LogP contribution < -0.4 is 4.74 Å². The lowest BCUT2D eigenvalue weighted by Gasteiger charge is -2.11. The summed E-state index contributed by atoms with van der Waals surface area (Å²) in [5.74, 6) is 0.163. The molecule has 1 saturated heterocycles. The van der Waals surface area contributed by atoms with Gasteiger partial charge >= 0.3 is 0 Å². The van der Waals surface area contributed by atoms with Crippen LogP contribution in [0, 0.1) is 5.41 Å². The van der Waals surface area contributed by atoms with E-state index in [0.29, 0.717) is 21.6 Å². The third-order valence-corrected chi connectivity index (χ3v) is 7.11. The molecule has 3 aromatic rings. The first kappa shape index (κ1) is 20.8. The van der Waals surface area contributed by atoms with Crippen LogP contribution in [-0.4, -0.2) is 27.6 Å². The van der Waals surface area contributed by atoms with Gasteiger partial charge in [-0.2, -0.15) is 0 Å². The van der Waals surface area contributed by atoms with Crippen LogP contribution in [0.4, 0.5) is 0 Å². The van der Waals surface area contributed by atoms with Crippen LogP contribution in [0.1, 0.15) is 48.2 Å². The second-order valence-electron chi connectivity index (χ2n) is 7.06. The number of allylic oxidation sites excluding steroid dienone is 1. The maximum atomic E-state index is 13.1. The highest BCUT2D eigenvalue weighted by atomic mass is 32.2. The smallest absolute Gasteiger partial charge is 0.186 e. The number of hydrogen-bond acceptors (Lipinski definition) is 7. The summed E-state index contributed by atoms with van der Waals surface area (Å²) in [5, 5.41) is 20.5. The van der Waals surface area contributed by atoms with Crippen LogP contribution in [0.3, 0.4) is 0 Å². The molecule has 5 nitrogen and oxygen atoms in total. The van der Waals surface area contributed by atoms with Gasteiger partial charge in [0.15, 0.2) is 5.78 Å². The number of ether oxygens (including phenoxy) is 1. The van der Waals surface area contributed by atoms with E-state index < -0.39 is 5.92 Å². The minimum atomic E-state index is -0.623. The zero-order chi connectivity index (χ0) is 21.1. The molecule has 0 unspecified atom stereocenters. The summed E-state index contributed by atoms with van der Waals surface area (Å²) in [6, 6.07) is 12.0. The van der Waals surface area contributed by atoms with Crippen LogP contribution in [0.5, 0.6) is 5.75 Å². The molecule has 1 fully saturated rings. The number of unbranched alkanes of at least 4 members (excludes halogenated alkanes) is 1. The van der Waals surface area contributed by atoms with E-state index in [9.17, 15) is 4.79 Å². The Labute approximate surface area is 184 Å². The van der Waals surface area contributed by atoms with Crippen molar-refractivity contribution in [3.8, 4) is 5.75 Å². The normalized spacial score (nSPS) is 17.9. The minimum Gasteiger partial charge on any atom is -0.493 e. The lowest BCUT2D eigenvalue weighted by molar-refractivity contribution is -0.114. The van der Waals surface area contributed by atoms with Crippen molar-refractivity contribution >= 4 is 50.8 Å². The van der Waals surface area contributed by atoms with Crippen molar-refractivity contribution in [2.24, 2.45) is 0 Å². The van der Waals surface area contributed by atoms with Crippen LogP contribution in [-0.2, 0) is 11.2 Å². The van der Waals surface area contributed by atoms with Gasteiger partial charge in [0.25, 0.3) is 0 Å². The third-order valence-electron chi connectivity index (χ3n) is 4.98. The zero-order valence-corrected chi connectivity index (χ0v) is 18.6. The molecule has 0 spiro atoms. The molecule has 1 aliphatic rings. The number of carbonyl (C=O) groups excluding carboxylic acids is 1. The van der Waals surface area contributed by atoms with E-state index in [0.717, 1.165) is 46.4 Å². The minimum absolute atomic E-state index is 0.0730. The van der Waals surface area contributed by atoms with Crippen molar-refractivity contribution in [3.05, 3.63) is 56.9 Å². The molecule has 154 valence electrons.